The summed E-state index contributed by atoms with van der Waals surface area (Å²) in [5.41, 5.74) is 1.10. The molecule has 0 bridgehead atoms. The summed E-state index contributed by atoms with van der Waals surface area (Å²) in [6, 6.07) is 4.53. The summed E-state index contributed by atoms with van der Waals surface area (Å²) in [7, 11) is 0. The molecule has 0 aromatic heterocycles. The number of carbonyl (C=O) groups is 1. The molecule has 1 saturated heterocycles. The summed E-state index contributed by atoms with van der Waals surface area (Å²) in [6.07, 6.45) is 1.10. The highest BCUT2D eigenvalue weighted by atomic mass is 35.5. The summed E-state index contributed by atoms with van der Waals surface area (Å²) >= 11 is 11.9. The third kappa shape index (κ3) is 2.67. The molecule has 1 aromatic carbocycles. The van der Waals surface area contributed by atoms with Crippen LogP contribution in [0.3, 0.4) is 0 Å². The topological polar surface area (TPSA) is 63.5 Å². The number of hydrogen-bond donors (Lipinski definition) is 0. The number of nitro groups is 1. The van der Waals surface area contributed by atoms with E-state index in [1.54, 1.807) is 13.0 Å². The van der Waals surface area contributed by atoms with Gasteiger partial charge in [-0.1, -0.05) is 23.2 Å². The molecule has 0 aliphatic carbocycles. The average Bonchev–Trinajstić information content (AvgIpc) is 2.32. The number of alkyl halides is 2. The predicted octanol–water partition coefficient (Wildman–Crippen LogP) is 3.20. The van der Waals surface area contributed by atoms with Gasteiger partial charge < -0.3 is 4.90 Å². The molecule has 1 amide bonds. The number of carbonyl (C=O) groups excluding carboxylic acids is 1. The summed E-state index contributed by atoms with van der Waals surface area (Å²) in [5, 5.41) is 10.8. The Bertz CT molecular complexity index is 546. The van der Waals surface area contributed by atoms with E-state index in [1.807, 2.05) is 0 Å². The van der Waals surface area contributed by atoms with Crippen molar-refractivity contribution in [1.29, 1.82) is 0 Å². The number of amides is 1. The molecule has 0 spiro atoms. The number of piperidine rings is 1. The summed E-state index contributed by atoms with van der Waals surface area (Å²) in [5.74, 6) is -0.379. The van der Waals surface area contributed by atoms with Crippen molar-refractivity contribution in [2.45, 2.75) is 24.1 Å². The lowest BCUT2D eigenvalue weighted by Gasteiger charge is -2.34. The Morgan fingerprint density at radius 1 is 1.42 bits per heavy atom. The van der Waals surface area contributed by atoms with Gasteiger partial charge in [-0.3, -0.25) is 14.9 Å². The van der Waals surface area contributed by atoms with E-state index < -0.39 is 9.26 Å². The van der Waals surface area contributed by atoms with Crippen molar-refractivity contribution >= 4 is 40.5 Å². The van der Waals surface area contributed by atoms with Crippen molar-refractivity contribution < 1.29 is 9.72 Å². The van der Waals surface area contributed by atoms with Crippen LogP contribution < -0.4 is 4.90 Å². The van der Waals surface area contributed by atoms with E-state index >= 15 is 0 Å². The quantitative estimate of drug-likeness (QED) is 0.479. The van der Waals surface area contributed by atoms with Crippen LogP contribution >= 0.6 is 23.2 Å². The molecular weight excluding hydrogens is 291 g/mol. The molecule has 7 heteroatoms. The first-order valence-corrected chi connectivity index (χ1v) is 6.53. The van der Waals surface area contributed by atoms with Crippen LogP contribution in [0, 0.1) is 17.0 Å². The molecule has 0 atom stereocenters. The van der Waals surface area contributed by atoms with E-state index in [4.69, 9.17) is 23.2 Å². The Hall–Kier alpha value is -1.33. The Labute approximate surface area is 120 Å². The molecule has 1 aliphatic heterocycles. The highest BCUT2D eigenvalue weighted by Crippen LogP contribution is 2.36. The van der Waals surface area contributed by atoms with Gasteiger partial charge in [0.15, 0.2) is 4.33 Å². The molecule has 1 aliphatic rings. The minimum atomic E-state index is -1.41. The number of anilines is 1. The van der Waals surface area contributed by atoms with Gasteiger partial charge in [0.05, 0.1) is 4.92 Å². The molecule has 0 saturated carbocycles. The van der Waals surface area contributed by atoms with Gasteiger partial charge >= 0.3 is 0 Å². The number of benzene rings is 1. The summed E-state index contributed by atoms with van der Waals surface area (Å²) in [6.45, 7) is 2.14. The standard InChI is InChI=1S/C12H12Cl2N2O3/c1-8-7-9(3-4-10(8)16(18)19)15-6-2-5-12(13,14)11(15)17/h3-4,7H,2,5-6H2,1H3. The largest absolute Gasteiger partial charge is 0.310 e. The first-order chi connectivity index (χ1) is 8.83. The summed E-state index contributed by atoms with van der Waals surface area (Å²) < 4.78 is -1.41. The van der Waals surface area contributed by atoms with Crippen LogP contribution in [0.2, 0.25) is 0 Å². The Kier molecular flexibility index (Phi) is 3.69. The van der Waals surface area contributed by atoms with Gasteiger partial charge in [-0.05, 0) is 31.9 Å². The maximum atomic E-state index is 12.1. The van der Waals surface area contributed by atoms with E-state index in [9.17, 15) is 14.9 Å². The molecule has 0 N–H and O–H groups in total. The van der Waals surface area contributed by atoms with E-state index in [1.165, 1.54) is 17.0 Å². The first kappa shape index (κ1) is 14.1. The zero-order chi connectivity index (χ0) is 14.2. The SMILES string of the molecule is Cc1cc(N2CCCC(Cl)(Cl)C2=O)ccc1[N+](=O)[O-]. The molecule has 102 valence electrons. The monoisotopic (exact) mass is 302 g/mol. The highest BCUT2D eigenvalue weighted by Gasteiger charge is 2.41. The number of halogens is 2. The molecule has 2 rings (SSSR count). The van der Waals surface area contributed by atoms with Crippen LogP contribution in [-0.2, 0) is 4.79 Å². The zero-order valence-corrected chi connectivity index (χ0v) is 11.7. The molecule has 0 radical (unpaired) electrons. The number of rotatable bonds is 2. The molecule has 1 heterocycles. The first-order valence-electron chi connectivity index (χ1n) is 5.78. The lowest BCUT2D eigenvalue weighted by Crippen LogP contribution is -2.47. The second kappa shape index (κ2) is 4.98. The summed E-state index contributed by atoms with van der Waals surface area (Å²) in [4.78, 5) is 23.9. The van der Waals surface area contributed by atoms with Crippen molar-refractivity contribution in [3.63, 3.8) is 0 Å². The average molecular weight is 303 g/mol. The van der Waals surface area contributed by atoms with Crippen molar-refractivity contribution in [3.05, 3.63) is 33.9 Å². The minimum Gasteiger partial charge on any atom is -0.310 e. The fourth-order valence-corrected chi connectivity index (χ4v) is 2.60. The van der Waals surface area contributed by atoms with Gasteiger partial charge in [0.2, 0.25) is 0 Å². The fourth-order valence-electron chi connectivity index (χ4n) is 2.12. The van der Waals surface area contributed by atoms with Gasteiger partial charge in [-0.2, -0.15) is 0 Å². The molecular formula is C12H12Cl2N2O3. The molecule has 5 nitrogen and oxygen atoms in total. The fraction of sp³-hybridized carbons (Fsp3) is 0.417. The van der Waals surface area contributed by atoms with Crippen LogP contribution in [0.1, 0.15) is 18.4 Å². The van der Waals surface area contributed by atoms with E-state index in [-0.39, 0.29) is 11.6 Å². The van der Waals surface area contributed by atoms with E-state index in [0.29, 0.717) is 30.6 Å². The lowest BCUT2D eigenvalue weighted by molar-refractivity contribution is -0.385. The number of nitro benzene ring substituents is 1. The van der Waals surface area contributed by atoms with Gasteiger partial charge in [-0.25, -0.2) is 0 Å². The minimum absolute atomic E-state index is 0.0243. The molecule has 19 heavy (non-hydrogen) atoms. The van der Waals surface area contributed by atoms with Crippen LogP contribution in [0.5, 0.6) is 0 Å². The normalized spacial score (nSPS) is 18.5. The predicted molar refractivity (Wildman–Crippen MR) is 73.9 cm³/mol. The molecule has 0 unspecified atom stereocenters. The van der Waals surface area contributed by atoms with Crippen LogP contribution in [-0.4, -0.2) is 21.7 Å². The Balaban J connectivity index is 2.35. The van der Waals surface area contributed by atoms with E-state index in [2.05, 4.69) is 0 Å². The third-order valence-corrected chi connectivity index (χ3v) is 3.82. The molecule has 1 aromatic rings. The molecule has 1 fully saturated rings. The third-order valence-electron chi connectivity index (χ3n) is 3.12. The van der Waals surface area contributed by atoms with Crippen molar-refractivity contribution in [2.75, 3.05) is 11.4 Å². The zero-order valence-electron chi connectivity index (χ0n) is 10.2. The van der Waals surface area contributed by atoms with Gasteiger partial charge in [0.25, 0.3) is 11.6 Å². The second-order valence-corrected chi connectivity index (χ2v) is 5.98. The van der Waals surface area contributed by atoms with Crippen molar-refractivity contribution in [2.24, 2.45) is 0 Å². The maximum absolute atomic E-state index is 12.1. The van der Waals surface area contributed by atoms with E-state index in [0.717, 1.165) is 0 Å². The number of hydrogen-bond acceptors (Lipinski definition) is 3. The van der Waals surface area contributed by atoms with Crippen LogP contribution in [0.15, 0.2) is 18.2 Å². The number of aryl methyl sites for hydroxylation is 1. The number of nitrogens with zero attached hydrogens (tertiary/aromatic N) is 2. The lowest BCUT2D eigenvalue weighted by atomic mass is 10.1. The van der Waals surface area contributed by atoms with Gasteiger partial charge in [0, 0.05) is 23.9 Å². The Morgan fingerprint density at radius 2 is 2.11 bits per heavy atom. The van der Waals surface area contributed by atoms with Crippen LogP contribution in [0.4, 0.5) is 11.4 Å². The van der Waals surface area contributed by atoms with Gasteiger partial charge in [0.1, 0.15) is 0 Å². The maximum Gasteiger partial charge on any atom is 0.272 e. The highest BCUT2D eigenvalue weighted by molar-refractivity contribution is 6.59. The van der Waals surface area contributed by atoms with Crippen molar-refractivity contribution in [1.82, 2.24) is 0 Å². The smallest absolute Gasteiger partial charge is 0.272 e. The second-order valence-electron chi connectivity index (χ2n) is 4.49. The van der Waals surface area contributed by atoms with Crippen molar-refractivity contribution in [3.8, 4) is 0 Å². The Morgan fingerprint density at radius 3 is 2.68 bits per heavy atom. The van der Waals surface area contributed by atoms with Crippen LogP contribution in [0.25, 0.3) is 0 Å². The van der Waals surface area contributed by atoms with Gasteiger partial charge in [-0.15, -0.1) is 0 Å².